The zero-order valence-electron chi connectivity index (χ0n) is 11.2. The highest BCUT2D eigenvalue weighted by Crippen LogP contribution is 2.51. The first-order valence-electron chi connectivity index (χ1n) is 6.80. The van der Waals surface area contributed by atoms with Crippen LogP contribution in [0.2, 0.25) is 5.02 Å². The van der Waals surface area contributed by atoms with E-state index in [4.69, 9.17) is 11.6 Å². The molecule has 1 atom stereocenters. The van der Waals surface area contributed by atoms with Crippen molar-refractivity contribution in [2.24, 2.45) is 11.8 Å². The Hall–Kier alpha value is -0.490. The summed E-state index contributed by atoms with van der Waals surface area (Å²) < 4.78 is 0. The predicted molar refractivity (Wildman–Crippen MR) is 75.6 cm³/mol. The minimum atomic E-state index is 0.439. The van der Waals surface area contributed by atoms with Gasteiger partial charge in [0.15, 0.2) is 0 Å². The van der Waals surface area contributed by atoms with Gasteiger partial charge in [-0.2, -0.15) is 0 Å². The van der Waals surface area contributed by atoms with Crippen LogP contribution in [0.4, 0.5) is 0 Å². The van der Waals surface area contributed by atoms with Gasteiger partial charge >= 0.3 is 0 Å². The van der Waals surface area contributed by atoms with Crippen molar-refractivity contribution in [2.45, 2.75) is 51.9 Å². The van der Waals surface area contributed by atoms with Gasteiger partial charge in [0.2, 0.25) is 0 Å². The molecule has 0 heterocycles. The van der Waals surface area contributed by atoms with E-state index in [1.807, 2.05) is 12.1 Å². The molecule has 1 aromatic rings. The second-order valence-corrected chi connectivity index (χ2v) is 6.48. The number of halogens is 1. The lowest BCUT2D eigenvalue weighted by atomic mass is 9.56. The maximum Gasteiger partial charge on any atom is 0.0406 e. The van der Waals surface area contributed by atoms with E-state index in [-0.39, 0.29) is 0 Å². The first-order chi connectivity index (χ1) is 8.04. The Bertz CT molecular complexity index is 360. The average Bonchev–Trinajstić information content (AvgIpc) is 2.18. The lowest BCUT2D eigenvalue weighted by Crippen LogP contribution is -2.41. The summed E-state index contributed by atoms with van der Waals surface area (Å²) >= 11 is 5.99. The fourth-order valence-corrected chi connectivity index (χ4v) is 3.46. The van der Waals surface area contributed by atoms with Crippen LogP contribution in [0.1, 0.15) is 52.0 Å². The molecule has 0 N–H and O–H groups in total. The predicted octanol–water partition coefficient (Wildman–Crippen LogP) is 5.44. The molecule has 1 saturated carbocycles. The van der Waals surface area contributed by atoms with E-state index in [0.29, 0.717) is 5.41 Å². The lowest BCUT2D eigenvalue weighted by molar-refractivity contribution is 0.138. The Morgan fingerprint density at radius 2 is 1.71 bits per heavy atom. The number of hydrogen-bond donors (Lipinski definition) is 0. The fourth-order valence-electron chi connectivity index (χ4n) is 3.34. The van der Waals surface area contributed by atoms with Gasteiger partial charge in [-0.05, 0) is 54.2 Å². The molecular formula is C16H23Cl. The minimum Gasteiger partial charge on any atom is -0.0843 e. The molecule has 1 aliphatic carbocycles. The Morgan fingerprint density at radius 1 is 1.12 bits per heavy atom. The Labute approximate surface area is 110 Å². The summed E-state index contributed by atoms with van der Waals surface area (Å²) in [5.74, 6) is 1.56. The molecule has 0 nitrogen and oxygen atoms in total. The Balaban J connectivity index is 2.22. The number of rotatable bonds is 4. The lowest BCUT2D eigenvalue weighted by Gasteiger charge is -2.48. The molecule has 1 unspecified atom stereocenters. The van der Waals surface area contributed by atoms with E-state index < -0.39 is 0 Å². The SMILES string of the molecule is CC(C)CC(C)C1(c2ccc(Cl)cc2)CCC1. The largest absolute Gasteiger partial charge is 0.0843 e. The Kier molecular flexibility index (Phi) is 3.82. The molecule has 0 spiro atoms. The zero-order chi connectivity index (χ0) is 12.5. The minimum absolute atomic E-state index is 0.439. The topological polar surface area (TPSA) is 0 Å². The molecule has 0 radical (unpaired) electrons. The summed E-state index contributed by atoms with van der Waals surface area (Å²) in [5, 5.41) is 0.847. The van der Waals surface area contributed by atoms with Gasteiger partial charge < -0.3 is 0 Å². The molecule has 1 fully saturated rings. The highest BCUT2D eigenvalue weighted by atomic mass is 35.5. The summed E-state index contributed by atoms with van der Waals surface area (Å²) in [5.41, 5.74) is 1.94. The van der Waals surface area contributed by atoms with Crippen LogP contribution in [0.15, 0.2) is 24.3 Å². The van der Waals surface area contributed by atoms with E-state index in [9.17, 15) is 0 Å². The summed E-state index contributed by atoms with van der Waals surface area (Å²) in [4.78, 5) is 0. The summed E-state index contributed by atoms with van der Waals surface area (Å²) in [7, 11) is 0. The van der Waals surface area contributed by atoms with Gasteiger partial charge in [-0.15, -0.1) is 0 Å². The van der Waals surface area contributed by atoms with Crippen molar-refractivity contribution in [3.8, 4) is 0 Å². The monoisotopic (exact) mass is 250 g/mol. The highest BCUT2D eigenvalue weighted by molar-refractivity contribution is 6.30. The summed E-state index contributed by atoms with van der Waals surface area (Å²) in [6, 6.07) is 8.55. The van der Waals surface area contributed by atoms with Crippen molar-refractivity contribution in [3.63, 3.8) is 0 Å². The molecular weight excluding hydrogens is 228 g/mol. The van der Waals surface area contributed by atoms with Crippen molar-refractivity contribution in [1.29, 1.82) is 0 Å². The van der Waals surface area contributed by atoms with Crippen molar-refractivity contribution in [2.75, 3.05) is 0 Å². The first-order valence-corrected chi connectivity index (χ1v) is 7.18. The van der Waals surface area contributed by atoms with Crippen molar-refractivity contribution in [1.82, 2.24) is 0 Å². The standard InChI is InChI=1S/C16H23Cl/c1-12(2)11-13(3)16(9-4-10-16)14-5-7-15(17)8-6-14/h5-8,12-13H,4,9-11H2,1-3H3. The van der Waals surface area contributed by atoms with E-state index in [1.54, 1.807) is 0 Å². The number of hydrogen-bond acceptors (Lipinski definition) is 0. The van der Waals surface area contributed by atoms with Crippen LogP contribution in [0, 0.1) is 11.8 Å². The van der Waals surface area contributed by atoms with E-state index in [1.165, 1.54) is 31.2 Å². The molecule has 0 saturated heterocycles. The van der Waals surface area contributed by atoms with Crippen LogP contribution >= 0.6 is 11.6 Å². The molecule has 1 aliphatic rings. The zero-order valence-corrected chi connectivity index (χ0v) is 11.9. The smallest absolute Gasteiger partial charge is 0.0406 e. The van der Waals surface area contributed by atoms with Crippen LogP contribution in [0.25, 0.3) is 0 Å². The molecule has 0 aliphatic heterocycles. The van der Waals surface area contributed by atoms with Gasteiger partial charge in [0.25, 0.3) is 0 Å². The van der Waals surface area contributed by atoms with Gasteiger partial charge in [-0.3, -0.25) is 0 Å². The van der Waals surface area contributed by atoms with Crippen LogP contribution in [-0.2, 0) is 5.41 Å². The average molecular weight is 251 g/mol. The molecule has 2 rings (SSSR count). The van der Waals surface area contributed by atoms with E-state index in [2.05, 4.69) is 32.9 Å². The molecule has 0 amide bonds. The van der Waals surface area contributed by atoms with Gasteiger partial charge in [0.05, 0.1) is 0 Å². The highest BCUT2D eigenvalue weighted by Gasteiger charge is 2.43. The van der Waals surface area contributed by atoms with Gasteiger partial charge in [0.1, 0.15) is 0 Å². The molecule has 0 bridgehead atoms. The van der Waals surface area contributed by atoms with Gasteiger partial charge in [-0.1, -0.05) is 50.9 Å². The molecule has 1 heteroatoms. The van der Waals surface area contributed by atoms with Crippen molar-refractivity contribution < 1.29 is 0 Å². The normalized spacial score (nSPS) is 20.1. The third-order valence-electron chi connectivity index (χ3n) is 4.43. The van der Waals surface area contributed by atoms with Gasteiger partial charge in [0, 0.05) is 5.02 Å². The second-order valence-electron chi connectivity index (χ2n) is 6.05. The quantitative estimate of drug-likeness (QED) is 0.667. The van der Waals surface area contributed by atoms with Crippen LogP contribution < -0.4 is 0 Å². The van der Waals surface area contributed by atoms with E-state index in [0.717, 1.165) is 16.9 Å². The van der Waals surface area contributed by atoms with Crippen molar-refractivity contribution in [3.05, 3.63) is 34.9 Å². The number of benzene rings is 1. The van der Waals surface area contributed by atoms with Gasteiger partial charge in [-0.25, -0.2) is 0 Å². The van der Waals surface area contributed by atoms with Crippen LogP contribution in [0.3, 0.4) is 0 Å². The summed E-state index contributed by atoms with van der Waals surface area (Å²) in [6.07, 6.45) is 5.40. The maximum absolute atomic E-state index is 5.99. The van der Waals surface area contributed by atoms with Crippen LogP contribution in [0.5, 0.6) is 0 Å². The fraction of sp³-hybridized carbons (Fsp3) is 0.625. The molecule has 1 aromatic carbocycles. The summed E-state index contributed by atoms with van der Waals surface area (Å²) in [6.45, 7) is 7.07. The maximum atomic E-state index is 5.99. The van der Waals surface area contributed by atoms with Crippen molar-refractivity contribution >= 4 is 11.6 Å². The first kappa shape index (κ1) is 13.0. The second kappa shape index (κ2) is 5.02. The van der Waals surface area contributed by atoms with E-state index >= 15 is 0 Å². The third kappa shape index (κ3) is 2.52. The third-order valence-corrected chi connectivity index (χ3v) is 4.69. The Morgan fingerprint density at radius 3 is 2.12 bits per heavy atom. The molecule has 0 aromatic heterocycles. The molecule has 94 valence electrons. The molecule has 17 heavy (non-hydrogen) atoms. The van der Waals surface area contributed by atoms with Crippen LogP contribution in [-0.4, -0.2) is 0 Å².